The van der Waals surface area contributed by atoms with E-state index in [1.165, 1.54) is 18.2 Å². The maximum Gasteiger partial charge on any atom is 0.335 e. The molecule has 1 N–H and O–H groups in total. The van der Waals surface area contributed by atoms with Gasteiger partial charge in [0.2, 0.25) is 0 Å². The predicted molar refractivity (Wildman–Crippen MR) is 77.0 cm³/mol. The van der Waals surface area contributed by atoms with Gasteiger partial charge in [-0.25, -0.2) is 12.8 Å². The molecule has 0 bridgehead atoms. The Kier molecular flexibility index (Phi) is 4.41. The molecule has 22 heavy (non-hydrogen) atoms. The largest absolute Gasteiger partial charge is 0.335 e. The third-order valence-electron chi connectivity index (χ3n) is 2.59. The van der Waals surface area contributed by atoms with E-state index < -0.39 is 35.9 Å². The summed E-state index contributed by atoms with van der Waals surface area (Å²) in [6, 6.07) is 7.65. The lowest BCUT2D eigenvalue weighted by molar-refractivity contribution is 0.532. The minimum atomic E-state index is -5.39. The smallest absolute Gasteiger partial charge is 0.278 e. The van der Waals surface area contributed by atoms with E-state index in [2.05, 4.69) is 4.72 Å². The first-order valence-electron chi connectivity index (χ1n) is 5.63. The van der Waals surface area contributed by atoms with Crippen LogP contribution in [0.1, 0.15) is 0 Å². The molecule has 0 aliphatic heterocycles. The van der Waals surface area contributed by atoms with Crippen LogP contribution in [-0.2, 0) is 20.2 Å². The molecule has 5 nitrogen and oxygen atoms in total. The highest BCUT2D eigenvalue weighted by molar-refractivity contribution is 7.92. The molecule has 0 amide bonds. The fraction of sp³-hybridized carbons (Fsp3) is 0. The SMILES string of the molecule is O=S(=O)(F)c1cc(S(=O)(=O)Nc2ccccc2Cl)ccc1F. The Bertz CT molecular complexity index is 930. The van der Waals surface area contributed by atoms with Crippen LogP contribution in [0.3, 0.4) is 0 Å². The number of hydrogen-bond acceptors (Lipinski definition) is 4. The van der Waals surface area contributed by atoms with Crippen LogP contribution in [0.4, 0.5) is 14.0 Å². The molecule has 0 fully saturated rings. The molecule has 10 heteroatoms. The molecule has 0 heterocycles. The molecule has 2 aromatic carbocycles. The zero-order chi connectivity index (χ0) is 16.5. The van der Waals surface area contributed by atoms with E-state index in [0.717, 1.165) is 6.07 Å². The summed E-state index contributed by atoms with van der Waals surface area (Å²) in [5, 5.41) is 0.103. The Labute approximate surface area is 130 Å². The molecule has 0 radical (unpaired) electrons. The Morgan fingerprint density at radius 2 is 1.64 bits per heavy atom. The highest BCUT2D eigenvalue weighted by atomic mass is 35.5. The van der Waals surface area contributed by atoms with Crippen LogP contribution in [0.25, 0.3) is 0 Å². The number of sulfonamides is 1. The van der Waals surface area contributed by atoms with Crippen molar-refractivity contribution in [1.82, 2.24) is 0 Å². The second-order valence-electron chi connectivity index (χ2n) is 4.12. The molecule has 0 unspecified atom stereocenters. The second kappa shape index (κ2) is 5.82. The summed E-state index contributed by atoms with van der Waals surface area (Å²) in [6.45, 7) is 0. The lowest BCUT2D eigenvalue weighted by Crippen LogP contribution is -2.14. The number of nitrogens with one attached hydrogen (secondary N) is 1. The van der Waals surface area contributed by atoms with Crippen molar-refractivity contribution < 1.29 is 25.1 Å². The van der Waals surface area contributed by atoms with Gasteiger partial charge in [-0.1, -0.05) is 23.7 Å². The molecular weight excluding hydrogens is 360 g/mol. The van der Waals surface area contributed by atoms with Gasteiger partial charge in [0, 0.05) is 0 Å². The van der Waals surface area contributed by atoms with Crippen molar-refractivity contribution in [2.75, 3.05) is 4.72 Å². The Hall–Kier alpha value is -1.71. The molecule has 2 rings (SSSR count). The highest BCUT2D eigenvalue weighted by Gasteiger charge is 2.23. The van der Waals surface area contributed by atoms with E-state index in [1.807, 2.05) is 0 Å². The first-order chi connectivity index (χ1) is 10.1. The summed E-state index contributed by atoms with van der Waals surface area (Å²) in [5.41, 5.74) is 0.0400. The highest BCUT2D eigenvalue weighted by Crippen LogP contribution is 2.26. The molecule has 2 aromatic rings. The second-order valence-corrected chi connectivity index (χ2v) is 7.52. The zero-order valence-electron chi connectivity index (χ0n) is 10.6. The average Bonchev–Trinajstić information content (AvgIpc) is 2.40. The summed E-state index contributed by atoms with van der Waals surface area (Å²) < 4.78 is 74.2. The number of para-hydroxylation sites is 1. The molecule has 0 aliphatic carbocycles. The van der Waals surface area contributed by atoms with Crippen molar-refractivity contribution in [2.45, 2.75) is 9.79 Å². The third kappa shape index (κ3) is 3.54. The standard InChI is InChI=1S/C12H8ClF2NO4S2/c13-9-3-1-2-4-11(9)16-22(19,20)8-5-6-10(14)12(7-8)21(15,17)18/h1-7,16H. The fourth-order valence-corrected chi connectivity index (χ4v) is 3.57. The normalized spacial score (nSPS) is 12.1. The van der Waals surface area contributed by atoms with Gasteiger partial charge in [0.25, 0.3) is 10.0 Å². The zero-order valence-corrected chi connectivity index (χ0v) is 13.0. The molecule has 0 aromatic heterocycles. The maximum atomic E-state index is 13.3. The minimum absolute atomic E-state index is 0.0400. The number of halogens is 3. The van der Waals surface area contributed by atoms with Crippen molar-refractivity contribution in [3.05, 3.63) is 53.3 Å². The fourth-order valence-electron chi connectivity index (χ4n) is 1.59. The molecule has 0 atom stereocenters. The molecule has 0 saturated heterocycles. The minimum Gasteiger partial charge on any atom is -0.278 e. The van der Waals surface area contributed by atoms with Crippen LogP contribution in [0.15, 0.2) is 52.3 Å². The van der Waals surface area contributed by atoms with Crippen LogP contribution < -0.4 is 4.72 Å². The molecule has 0 spiro atoms. The lowest BCUT2D eigenvalue weighted by atomic mass is 10.3. The monoisotopic (exact) mass is 367 g/mol. The van der Waals surface area contributed by atoms with Gasteiger partial charge in [-0.2, -0.15) is 8.42 Å². The number of anilines is 1. The summed E-state index contributed by atoms with van der Waals surface area (Å²) in [6.07, 6.45) is 0. The van der Waals surface area contributed by atoms with Gasteiger partial charge in [0.1, 0.15) is 10.7 Å². The van der Waals surface area contributed by atoms with E-state index in [-0.39, 0.29) is 10.7 Å². The predicted octanol–water partition coefficient (Wildman–Crippen LogP) is 2.94. The summed E-state index contributed by atoms with van der Waals surface area (Å²) in [7, 11) is -9.66. The van der Waals surface area contributed by atoms with Gasteiger partial charge in [0.05, 0.1) is 15.6 Å². The number of hydrogen-bond donors (Lipinski definition) is 1. The van der Waals surface area contributed by atoms with Crippen molar-refractivity contribution in [2.24, 2.45) is 0 Å². The van der Waals surface area contributed by atoms with E-state index in [1.54, 1.807) is 6.07 Å². The van der Waals surface area contributed by atoms with Gasteiger partial charge in [-0.15, -0.1) is 3.89 Å². The van der Waals surface area contributed by atoms with Gasteiger partial charge in [-0.05, 0) is 30.3 Å². The van der Waals surface area contributed by atoms with Gasteiger partial charge in [0.15, 0.2) is 0 Å². The topological polar surface area (TPSA) is 80.3 Å². The first kappa shape index (κ1) is 16.7. The van der Waals surface area contributed by atoms with E-state index >= 15 is 0 Å². The lowest BCUT2D eigenvalue weighted by Gasteiger charge is -2.10. The van der Waals surface area contributed by atoms with Gasteiger partial charge in [-0.3, -0.25) is 4.72 Å². The third-order valence-corrected chi connectivity index (χ3v) is 5.12. The number of benzene rings is 2. The quantitative estimate of drug-likeness (QED) is 0.842. The van der Waals surface area contributed by atoms with E-state index in [9.17, 15) is 25.1 Å². The van der Waals surface area contributed by atoms with E-state index in [4.69, 9.17) is 11.6 Å². The van der Waals surface area contributed by atoms with Crippen molar-refractivity contribution in [3.8, 4) is 0 Å². The summed E-state index contributed by atoms with van der Waals surface area (Å²) in [4.78, 5) is -1.97. The Morgan fingerprint density at radius 3 is 2.23 bits per heavy atom. The molecule has 0 aliphatic rings. The maximum absolute atomic E-state index is 13.3. The van der Waals surface area contributed by atoms with Crippen LogP contribution in [0.5, 0.6) is 0 Å². The molecule has 0 saturated carbocycles. The Morgan fingerprint density at radius 1 is 1.00 bits per heavy atom. The van der Waals surface area contributed by atoms with Crippen LogP contribution in [0.2, 0.25) is 5.02 Å². The van der Waals surface area contributed by atoms with Gasteiger partial charge >= 0.3 is 10.2 Å². The average molecular weight is 368 g/mol. The van der Waals surface area contributed by atoms with Crippen molar-refractivity contribution in [3.63, 3.8) is 0 Å². The van der Waals surface area contributed by atoms with Crippen LogP contribution in [0, 0.1) is 5.82 Å². The first-order valence-corrected chi connectivity index (χ1v) is 8.87. The van der Waals surface area contributed by atoms with Crippen LogP contribution in [-0.4, -0.2) is 16.8 Å². The molecular formula is C12H8ClF2NO4S2. The van der Waals surface area contributed by atoms with Crippen molar-refractivity contribution >= 4 is 37.5 Å². The number of rotatable bonds is 4. The Balaban J connectivity index is 2.49. The van der Waals surface area contributed by atoms with Gasteiger partial charge < -0.3 is 0 Å². The van der Waals surface area contributed by atoms with E-state index in [0.29, 0.717) is 12.1 Å². The summed E-state index contributed by atoms with van der Waals surface area (Å²) >= 11 is 5.80. The molecule has 118 valence electrons. The van der Waals surface area contributed by atoms with Crippen LogP contribution >= 0.6 is 11.6 Å². The van der Waals surface area contributed by atoms with Crippen molar-refractivity contribution in [1.29, 1.82) is 0 Å². The summed E-state index contributed by atoms with van der Waals surface area (Å²) in [5.74, 6) is -1.39.